The van der Waals surface area contributed by atoms with Crippen LogP contribution in [0.25, 0.3) is 11.0 Å². The highest BCUT2D eigenvalue weighted by Crippen LogP contribution is 2.30. The van der Waals surface area contributed by atoms with Crippen LogP contribution in [0, 0.1) is 0 Å². The van der Waals surface area contributed by atoms with Gasteiger partial charge < -0.3 is 19.7 Å². The maximum absolute atomic E-state index is 12.8. The number of hydrogen-bond acceptors (Lipinski definition) is 4. The zero-order valence-electron chi connectivity index (χ0n) is 15.0. The average Bonchev–Trinajstić information content (AvgIpc) is 3.26. The van der Waals surface area contributed by atoms with E-state index >= 15 is 0 Å². The molecule has 1 aliphatic heterocycles. The van der Waals surface area contributed by atoms with Gasteiger partial charge in [0, 0.05) is 24.7 Å². The van der Waals surface area contributed by atoms with Crippen molar-refractivity contribution in [2.75, 3.05) is 19.7 Å². The SMILES string of the molecule is O=C(O)C[C@@H]1CN(C(=O)c2ccc3c(c2)[nH]c(=O)n3C2CCCC2)CCO1. The van der Waals surface area contributed by atoms with Crippen LogP contribution in [0.2, 0.25) is 0 Å². The molecule has 1 atom stereocenters. The molecular weight excluding hydrogens is 350 g/mol. The second-order valence-electron chi connectivity index (χ2n) is 7.31. The fraction of sp³-hybridized carbons (Fsp3) is 0.526. The fourth-order valence-corrected chi connectivity index (χ4v) is 4.19. The van der Waals surface area contributed by atoms with Crippen LogP contribution < -0.4 is 5.69 Å². The summed E-state index contributed by atoms with van der Waals surface area (Å²) in [4.78, 5) is 40.6. The van der Waals surface area contributed by atoms with E-state index in [2.05, 4.69) is 4.98 Å². The first-order valence-electron chi connectivity index (χ1n) is 9.40. The van der Waals surface area contributed by atoms with Crippen molar-refractivity contribution in [3.05, 3.63) is 34.2 Å². The lowest BCUT2D eigenvalue weighted by molar-refractivity contribution is -0.141. The van der Waals surface area contributed by atoms with E-state index in [-0.39, 0.29) is 30.6 Å². The molecule has 27 heavy (non-hydrogen) atoms. The molecule has 2 aromatic rings. The van der Waals surface area contributed by atoms with Crippen molar-refractivity contribution in [3.8, 4) is 0 Å². The number of hydrogen-bond donors (Lipinski definition) is 2. The zero-order valence-corrected chi connectivity index (χ0v) is 15.0. The van der Waals surface area contributed by atoms with Crippen LogP contribution in [-0.2, 0) is 9.53 Å². The summed E-state index contributed by atoms with van der Waals surface area (Å²) in [5.41, 5.74) is 1.84. The van der Waals surface area contributed by atoms with E-state index in [4.69, 9.17) is 9.84 Å². The van der Waals surface area contributed by atoms with Crippen LogP contribution in [0.3, 0.4) is 0 Å². The molecule has 8 nitrogen and oxygen atoms in total. The van der Waals surface area contributed by atoms with Gasteiger partial charge in [-0.1, -0.05) is 12.8 Å². The smallest absolute Gasteiger partial charge is 0.326 e. The molecule has 4 rings (SSSR count). The molecule has 1 aromatic heterocycles. The third kappa shape index (κ3) is 3.49. The lowest BCUT2D eigenvalue weighted by Gasteiger charge is -2.32. The van der Waals surface area contributed by atoms with Gasteiger partial charge in [0.25, 0.3) is 5.91 Å². The third-order valence-corrected chi connectivity index (χ3v) is 5.48. The fourth-order valence-electron chi connectivity index (χ4n) is 4.19. The molecule has 0 unspecified atom stereocenters. The van der Waals surface area contributed by atoms with Crippen LogP contribution in [0.4, 0.5) is 0 Å². The molecule has 2 heterocycles. The van der Waals surface area contributed by atoms with Crippen LogP contribution in [0.15, 0.2) is 23.0 Å². The van der Waals surface area contributed by atoms with E-state index in [1.54, 1.807) is 17.0 Å². The Morgan fingerprint density at radius 2 is 2.04 bits per heavy atom. The Hall–Kier alpha value is -2.61. The first kappa shape index (κ1) is 17.8. The van der Waals surface area contributed by atoms with E-state index < -0.39 is 12.1 Å². The van der Waals surface area contributed by atoms with Crippen molar-refractivity contribution in [1.29, 1.82) is 0 Å². The predicted molar refractivity (Wildman–Crippen MR) is 98.0 cm³/mol. The van der Waals surface area contributed by atoms with Crippen LogP contribution >= 0.6 is 0 Å². The van der Waals surface area contributed by atoms with Gasteiger partial charge in [-0.2, -0.15) is 0 Å². The quantitative estimate of drug-likeness (QED) is 0.850. The Balaban J connectivity index is 1.57. The summed E-state index contributed by atoms with van der Waals surface area (Å²) in [6.07, 6.45) is 3.66. The highest BCUT2D eigenvalue weighted by molar-refractivity contribution is 5.97. The third-order valence-electron chi connectivity index (χ3n) is 5.48. The van der Waals surface area contributed by atoms with Gasteiger partial charge in [0.1, 0.15) is 0 Å². The summed E-state index contributed by atoms with van der Waals surface area (Å²) in [5.74, 6) is -1.12. The lowest BCUT2D eigenvalue weighted by Crippen LogP contribution is -2.46. The number of amides is 1. The number of aromatic amines is 1. The largest absolute Gasteiger partial charge is 0.481 e. The minimum absolute atomic E-state index is 0.125. The maximum Gasteiger partial charge on any atom is 0.326 e. The molecule has 1 saturated heterocycles. The summed E-state index contributed by atoms with van der Waals surface area (Å²) in [5, 5.41) is 8.92. The monoisotopic (exact) mass is 373 g/mol. The molecule has 0 radical (unpaired) electrons. The average molecular weight is 373 g/mol. The number of nitrogens with one attached hydrogen (secondary N) is 1. The number of aromatic nitrogens is 2. The molecule has 8 heteroatoms. The molecule has 1 amide bonds. The van der Waals surface area contributed by atoms with Crippen molar-refractivity contribution in [1.82, 2.24) is 14.5 Å². The molecule has 1 saturated carbocycles. The second kappa shape index (κ2) is 7.19. The van der Waals surface area contributed by atoms with Crippen molar-refractivity contribution < 1.29 is 19.4 Å². The van der Waals surface area contributed by atoms with Crippen molar-refractivity contribution in [2.24, 2.45) is 0 Å². The van der Waals surface area contributed by atoms with E-state index in [1.807, 2.05) is 10.6 Å². The Morgan fingerprint density at radius 3 is 2.78 bits per heavy atom. The van der Waals surface area contributed by atoms with Crippen LogP contribution in [0.1, 0.15) is 48.5 Å². The first-order chi connectivity index (χ1) is 13.0. The molecule has 2 fully saturated rings. The zero-order chi connectivity index (χ0) is 19.0. The standard InChI is InChI=1S/C19H23N3O5/c23-17(24)10-14-11-21(7-8-27-14)18(25)12-5-6-16-15(9-12)20-19(26)22(16)13-3-1-2-4-13/h5-6,9,13-14H,1-4,7-8,10-11H2,(H,20,26)(H,23,24)/t14-/m1/s1. The first-order valence-corrected chi connectivity index (χ1v) is 9.40. The number of benzene rings is 1. The van der Waals surface area contributed by atoms with Crippen molar-refractivity contribution in [3.63, 3.8) is 0 Å². The van der Waals surface area contributed by atoms with Crippen molar-refractivity contribution >= 4 is 22.9 Å². The van der Waals surface area contributed by atoms with E-state index in [1.165, 1.54) is 0 Å². The molecule has 144 valence electrons. The van der Waals surface area contributed by atoms with E-state index in [0.717, 1.165) is 31.2 Å². The number of carboxylic acid groups (broad SMARTS) is 1. The summed E-state index contributed by atoms with van der Waals surface area (Å²) in [7, 11) is 0. The highest BCUT2D eigenvalue weighted by Gasteiger charge is 2.27. The summed E-state index contributed by atoms with van der Waals surface area (Å²) < 4.78 is 7.24. The number of aliphatic carboxylic acids is 1. The minimum atomic E-state index is -0.943. The number of carbonyl (C=O) groups excluding carboxylic acids is 1. The topological polar surface area (TPSA) is 105 Å². The number of H-pyrrole nitrogens is 1. The maximum atomic E-state index is 12.8. The second-order valence-corrected chi connectivity index (χ2v) is 7.31. The van der Waals surface area contributed by atoms with Gasteiger partial charge in [-0.15, -0.1) is 0 Å². The number of imidazole rings is 1. The molecule has 2 aliphatic rings. The van der Waals surface area contributed by atoms with Gasteiger partial charge in [-0.3, -0.25) is 14.2 Å². The number of carbonyl (C=O) groups is 2. The lowest BCUT2D eigenvalue weighted by atomic mass is 10.1. The number of nitrogens with zero attached hydrogens (tertiary/aromatic N) is 2. The minimum Gasteiger partial charge on any atom is -0.481 e. The summed E-state index contributed by atoms with van der Waals surface area (Å²) >= 11 is 0. The Kier molecular flexibility index (Phi) is 4.73. The molecule has 1 aliphatic carbocycles. The molecule has 0 bridgehead atoms. The Morgan fingerprint density at radius 1 is 1.26 bits per heavy atom. The van der Waals surface area contributed by atoms with Gasteiger partial charge in [-0.05, 0) is 31.0 Å². The van der Waals surface area contributed by atoms with E-state index in [9.17, 15) is 14.4 Å². The van der Waals surface area contributed by atoms with Gasteiger partial charge in [0.05, 0.1) is 30.2 Å². The number of rotatable bonds is 4. The number of ether oxygens (including phenoxy) is 1. The molecular formula is C19H23N3O5. The number of carboxylic acids is 1. The normalized spacial score (nSPS) is 21.0. The van der Waals surface area contributed by atoms with Crippen LogP contribution in [0.5, 0.6) is 0 Å². The van der Waals surface area contributed by atoms with Gasteiger partial charge >= 0.3 is 11.7 Å². The van der Waals surface area contributed by atoms with Gasteiger partial charge in [0.15, 0.2) is 0 Å². The summed E-state index contributed by atoms with van der Waals surface area (Å²) in [6.45, 7) is 0.996. The molecule has 2 N–H and O–H groups in total. The highest BCUT2D eigenvalue weighted by atomic mass is 16.5. The number of fused-ring (bicyclic) bond motifs is 1. The van der Waals surface area contributed by atoms with Crippen molar-refractivity contribution in [2.45, 2.75) is 44.2 Å². The Bertz CT molecular complexity index is 925. The number of morpholine rings is 1. The van der Waals surface area contributed by atoms with E-state index in [0.29, 0.717) is 24.2 Å². The summed E-state index contributed by atoms with van der Waals surface area (Å²) in [6, 6.07) is 5.51. The predicted octanol–water partition coefficient (Wildman–Crippen LogP) is 1.76. The van der Waals surface area contributed by atoms with Crippen LogP contribution in [-0.4, -0.2) is 57.2 Å². The molecule has 0 spiro atoms. The van der Waals surface area contributed by atoms with Gasteiger partial charge in [0.2, 0.25) is 0 Å². The van der Waals surface area contributed by atoms with Gasteiger partial charge in [-0.25, -0.2) is 4.79 Å². The molecule has 1 aromatic carbocycles. The Labute approximate surface area is 155 Å².